The maximum absolute atomic E-state index is 13.5. The van der Waals surface area contributed by atoms with Crippen LogP contribution in [0.3, 0.4) is 0 Å². The number of benzene rings is 2. The van der Waals surface area contributed by atoms with Gasteiger partial charge in [0.2, 0.25) is 10.0 Å². The lowest BCUT2D eigenvalue weighted by molar-refractivity contribution is 0.0730. The van der Waals surface area contributed by atoms with E-state index in [4.69, 9.17) is 4.74 Å². The number of aromatic nitrogens is 3. The highest BCUT2D eigenvalue weighted by Crippen LogP contribution is 2.30. The summed E-state index contributed by atoms with van der Waals surface area (Å²) in [4.78, 5) is 0.198. The molecule has 31 heavy (non-hydrogen) atoms. The molecule has 2 heterocycles. The van der Waals surface area contributed by atoms with E-state index in [9.17, 15) is 12.8 Å². The number of halogens is 1. The number of rotatable bonds is 7. The third kappa shape index (κ3) is 4.67. The van der Waals surface area contributed by atoms with Gasteiger partial charge in [0.15, 0.2) is 11.0 Å². The standard InChI is InChI=1S/C21H23FN4O3S2/c1-2-14-30-21-24-23-20(26(21)18-8-6-17(22)7-9-18)16-4-3-5-19(15-16)31(27,28)25-10-12-29-13-11-25/h3-9,15H,2,10-14H2,1H3. The van der Waals surface area contributed by atoms with Crippen molar-refractivity contribution in [3.8, 4) is 17.1 Å². The van der Waals surface area contributed by atoms with Crippen LogP contribution in [0, 0.1) is 5.82 Å². The van der Waals surface area contributed by atoms with Crippen LogP contribution >= 0.6 is 11.8 Å². The Kier molecular flexibility index (Phi) is 6.71. The second kappa shape index (κ2) is 9.47. The van der Waals surface area contributed by atoms with Gasteiger partial charge in [0.1, 0.15) is 5.82 Å². The molecule has 7 nitrogen and oxygen atoms in total. The minimum Gasteiger partial charge on any atom is -0.379 e. The first-order valence-electron chi connectivity index (χ1n) is 10.0. The van der Waals surface area contributed by atoms with E-state index in [1.165, 1.54) is 16.4 Å². The Morgan fingerprint density at radius 2 is 1.84 bits per heavy atom. The van der Waals surface area contributed by atoms with E-state index in [2.05, 4.69) is 17.1 Å². The number of thioether (sulfide) groups is 1. The quantitative estimate of drug-likeness (QED) is 0.500. The van der Waals surface area contributed by atoms with Gasteiger partial charge in [-0.2, -0.15) is 4.31 Å². The van der Waals surface area contributed by atoms with Gasteiger partial charge >= 0.3 is 0 Å². The zero-order valence-electron chi connectivity index (χ0n) is 17.1. The van der Waals surface area contributed by atoms with E-state index < -0.39 is 10.0 Å². The molecule has 164 valence electrons. The number of ether oxygens (including phenoxy) is 1. The molecule has 4 rings (SSSR count). The van der Waals surface area contributed by atoms with Crippen molar-refractivity contribution in [3.05, 3.63) is 54.3 Å². The second-order valence-electron chi connectivity index (χ2n) is 7.01. The van der Waals surface area contributed by atoms with Crippen molar-refractivity contribution in [2.45, 2.75) is 23.4 Å². The van der Waals surface area contributed by atoms with Gasteiger partial charge in [0, 0.05) is 30.1 Å². The minimum absolute atomic E-state index is 0.198. The molecule has 0 amide bonds. The highest BCUT2D eigenvalue weighted by atomic mass is 32.2. The summed E-state index contributed by atoms with van der Waals surface area (Å²) in [5.74, 6) is 1.02. The second-order valence-corrected chi connectivity index (χ2v) is 10.0. The van der Waals surface area contributed by atoms with Crippen molar-refractivity contribution in [3.63, 3.8) is 0 Å². The lowest BCUT2D eigenvalue weighted by atomic mass is 10.2. The summed E-state index contributed by atoms with van der Waals surface area (Å²) in [6, 6.07) is 12.8. The van der Waals surface area contributed by atoms with Crippen LogP contribution in [0.1, 0.15) is 13.3 Å². The fourth-order valence-electron chi connectivity index (χ4n) is 3.30. The maximum atomic E-state index is 13.5. The molecule has 1 aliphatic heterocycles. The number of nitrogens with zero attached hydrogens (tertiary/aromatic N) is 4. The predicted molar refractivity (Wildman–Crippen MR) is 117 cm³/mol. The van der Waals surface area contributed by atoms with Crippen LogP contribution in [0.25, 0.3) is 17.1 Å². The molecule has 1 aromatic heterocycles. The average Bonchev–Trinajstić information content (AvgIpc) is 3.23. The Balaban J connectivity index is 1.77. The van der Waals surface area contributed by atoms with Crippen molar-refractivity contribution >= 4 is 21.8 Å². The van der Waals surface area contributed by atoms with Crippen molar-refractivity contribution in [1.82, 2.24) is 19.1 Å². The zero-order valence-corrected chi connectivity index (χ0v) is 18.7. The first-order chi connectivity index (χ1) is 15.0. The third-order valence-electron chi connectivity index (χ3n) is 4.85. The molecule has 0 atom stereocenters. The molecule has 2 aromatic carbocycles. The summed E-state index contributed by atoms with van der Waals surface area (Å²) >= 11 is 1.55. The van der Waals surface area contributed by atoms with Gasteiger partial charge in [-0.1, -0.05) is 30.8 Å². The van der Waals surface area contributed by atoms with E-state index in [1.54, 1.807) is 48.2 Å². The lowest BCUT2D eigenvalue weighted by Gasteiger charge is -2.26. The van der Waals surface area contributed by atoms with E-state index in [-0.39, 0.29) is 10.7 Å². The molecule has 10 heteroatoms. The maximum Gasteiger partial charge on any atom is 0.243 e. The van der Waals surface area contributed by atoms with Crippen LogP contribution in [-0.2, 0) is 14.8 Å². The number of hydrogen-bond acceptors (Lipinski definition) is 6. The molecule has 1 saturated heterocycles. The first-order valence-corrected chi connectivity index (χ1v) is 12.5. The van der Waals surface area contributed by atoms with Crippen molar-refractivity contribution < 1.29 is 17.5 Å². The summed E-state index contributed by atoms with van der Waals surface area (Å²) in [7, 11) is -3.64. The average molecular weight is 463 g/mol. The molecule has 0 spiro atoms. The van der Waals surface area contributed by atoms with Crippen molar-refractivity contribution in [1.29, 1.82) is 0 Å². The van der Waals surface area contributed by atoms with Crippen molar-refractivity contribution in [2.24, 2.45) is 0 Å². The van der Waals surface area contributed by atoms with Gasteiger partial charge < -0.3 is 4.74 Å². The fourth-order valence-corrected chi connectivity index (χ4v) is 5.56. The molecular weight excluding hydrogens is 439 g/mol. The molecule has 3 aromatic rings. The topological polar surface area (TPSA) is 77.3 Å². The van der Waals surface area contributed by atoms with Crippen molar-refractivity contribution in [2.75, 3.05) is 32.1 Å². The van der Waals surface area contributed by atoms with Gasteiger partial charge in [0.25, 0.3) is 0 Å². The van der Waals surface area contributed by atoms with E-state index in [1.807, 2.05) is 4.57 Å². The Bertz CT molecular complexity index is 1140. The summed E-state index contributed by atoms with van der Waals surface area (Å²) in [6.45, 7) is 3.50. The molecule has 1 aliphatic rings. The monoisotopic (exact) mass is 462 g/mol. The largest absolute Gasteiger partial charge is 0.379 e. The van der Waals surface area contributed by atoms with Gasteiger partial charge in [-0.3, -0.25) is 4.57 Å². The summed E-state index contributed by atoms with van der Waals surface area (Å²) in [6.07, 6.45) is 0.962. The molecule has 0 bridgehead atoms. The molecule has 0 N–H and O–H groups in total. The number of hydrogen-bond donors (Lipinski definition) is 0. The van der Waals surface area contributed by atoms with E-state index in [0.29, 0.717) is 48.5 Å². The summed E-state index contributed by atoms with van der Waals surface area (Å²) in [5, 5.41) is 9.33. The zero-order chi connectivity index (χ0) is 21.8. The molecule has 0 unspecified atom stereocenters. The van der Waals surface area contributed by atoms with E-state index in [0.717, 1.165) is 12.2 Å². The van der Waals surface area contributed by atoms with Gasteiger partial charge in [-0.15, -0.1) is 10.2 Å². The Labute approximate surface area is 185 Å². The Morgan fingerprint density at radius 3 is 2.55 bits per heavy atom. The van der Waals surface area contributed by atoms with Crippen LogP contribution in [0.15, 0.2) is 58.6 Å². The Hall–Kier alpha value is -2.27. The van der Waals surface area contributed by atoms with Crippen LogP contribution < -0.4 is 0 Å². The molecule has 0 saturated carbocycles. The van der Waals surface area contributed by atoms with Crippen LogP contribution in [0.2, 0.25) is 0 Å². The fraction of sp³-hybridized carbons (Fsp3) is 0.333. The van der Waals surface area contributed by atoms with Crippen LogP contribution in [0.4, 0.5) is 4.39 Å². The molecule has 0 aliphatic carbocycles. The van der Waals surface area contributed by atoms with Crippen LogP contribution in [0.5, 0.6) is 0 Å². The third-order valence-corrected chi connectivity index (χ3v) is 7.88. The highest BCUT2D eigenvalue weighted by molar-refractivity contribution is 7.99. The molecule has 0 radical (unpaired) electrons. The smallest absolute Gasteiger partial charge is 0.243 e. The number of morpholine rings is 1. The number of sulfonamides is 1. The summed E-state index contributed by atoms with van der Waals surface area (Å²) in [5.41, 5.74) is 1.33. The highest BCUT2D eigenvalue weighted by Gasteiger charge is 2.27. The predicted octanol–water partition coefficient (Wildman–Crippen LogP) is 3.60. The first kappa shape index (κ1) is 21.9. The van der Waals surface area contributed by atoms with Gasteiger partial charge in [-0.25, -0.2) is 12.8 Å². The molecular formula is C21H23FN4O3S2. The summed E-state index contributed by atoms with van der Waals surface area (Å²) < 4.78 is 48.2. The van der Waals surface area contributed by atoms with Gasteiger partial charge in [-0.05, 0) is 42.8 Å². The Morgan fingerprint density at radius 1 is 1.10 bits per heavy atom. The SMILES string of the molecule is CCCSc1nnc(-c2cccc(S(=O)(=O)N3CCOCC3)c2)n1-c1ccc(F)cc1. The normalized spacial score (nSPS) is 15.3. The minimum atomic E-state index is -3.64. The van der Waals surface area contributed by atoms with Crippen LogP contribution in [-0.4, -0.2) is 59.5 Å². The van der Waals surface area contributed by atoms with Gasteiger partial charge in [0.05, 0.1) is 18.1 Å². The molecule has 1 fully saturated rings. The lowest BCUT2D eigenvalue weighted by Crippen LogP contribution is -2.40. The van der Waals surface area contributed by atoms with E-state index >= 15 is 0 Å².